The Morgan fingerprint density at radius 2 is 2.17 bits per heavy atom. The molecule has 146 valence electrons. The summed E-state index contributed by atoms with van der Waals surface area (Å²) in [6, 6.07) is 12.1. The Morgan fingerprint density at radius 3 is 2.97 bits per heavy atom. The molecular weight excluding hydrogens is 366 g/mol. The van der Waals surface area contributed by atoms with E-state index in [-0.39, 0.29) is 0 Å². The van der Waals surface area contributed by atoms with Crippen LogP contribution < -0.4 is 15.5 Å². The SMILES string of the molecule is CCN1/C(=C(\C#N)c2ccnc(NCCCn3cncn3)n2)Nc2ccccc21. The van der Waals surface area contributed by atoms with Gasteiger partial charge in [0.1, 0.15) is 30.1 Å². The lowest BCUT2D eigenvalue weighted by Gasteiger charge is -2.19. The van der Waals surface area contributed by atoms with Gasteiger partial charge in [-0.1, -0.05) is 12.1 Å². The molecule has 0 spiro atoms. The summed E-state index contributed by atoms with van der Waals surface area (Å²) in [5.74, 6) is 1.24. The van der Waals surface area contributed by atoms with Gasteiger partial charge in [-0.05, 0) is 31.5 Å². The third-order valence-electron chi connectivity index (χ3n) is 4.61. The molecule has 0 bridgehead atoms. The molecule has 9 nitrogen and oxygen atoms in total. The maximum Gasteiger partial charge on any atom is 0.223 e. The molecule has 4 rings (SSSR count). The average Bonchev–Trinajstić information content (AvgIpc) is 3.40. The molecule has 29 heavy (non-hydrogen) atoms. The van der Waals surface area contributed by atoms with Crippen LogP contribution in [0.1, 0.15) is 19.0 Å². The van der Waals surface area contributed by atoms with Gasteiger partial charge >= 0.3 is 0 Å². The third kappa shape index (κ3) is 3.87. The van der Waals surface area contributed by atoms with Gasteiger partial charge in [0.15, 0.2) is 0 Å². The lowest BCUT2D eigenvalue weighted by molar-refractivity contribution is 0.589. The first-order valence-corrected chi connectivity index (χ1v) is 9.48. The molecule has 3 aromatic rings. The Labute approximate surface area is 168 Å². The fourth-order valence-corrected chi connectivity index (χ4v) is 3.26. The molecule has 0 atom stereocenters. The molecule has 0 unspecified atom stereocenters. The van der Waals surface area contributed by atoms with E-state index in [1.54, 1.807) is 23.3 Å². The standard InChI is InChI=1S/C20H21N9/c1-2-29-18-7-4-3-6-17(18)26-19(29)15(12-21)16-8-10-24-20(27-16)23-9-5-11-28-14-22-13-25-28/h3-4,6-8,10,13-14,26H,2,5,9,11H2,1H3,(H,23,24,27)/b19-15+. The molecule has 0 radical (unpaired) electrons. The van der Waals surface area contributed by atoms with E-state index >= 15 is 0 Å². The first-order chi connectivity index (χ1) is 14.3. The van der Waals surface area contributed by atoms with Crippen molar-refractivity contribution in [3.63, 3.8) is 0 Å². The quantitative estimate of drug-likeness (QED) is 0.471. The van der Waals surface area contributed by atoms with E-state index in [4.69, 9.17) is 0 Å². The second-order valence-corrected chi connectivity index (χ2v) is 6.43. The number of nitrogens with zero attached hydrogens (tertiary/aromatic N) is 7. The minimum Gasteiger partial charge on any atom is -0.354 e. The molecule has 1 aliphatic rings. The highest BCUT2D eigenvalue weighted by Gasteiger charge is 2.26. The van der Waals surface area contributed by atoms with Crippen molar-refractivity contribution in [3.8, 4) is 6.07 Å². The molecule has 1 aromatic carbocycles. The highest BCUT2D eigenvalue weighted by atomic mass is 15.3. The fourth-order valence-electron chi connectivity index (χ4n) is 3.26. The van der Waals surface area contributed by atoms with Crippen LogP contribution in [0.3, 0.4) is 0 Å². The van der Waals surface area contributed by atoms with Crippen LogP contribution >= 0.6 is 0 Å². The van der Waals surface area contributed by atoms with Crippen LogP contribution in [0, 0.1) is 11.3 Å². The zero-order valence-corrected chi connectivity index (χ0v) is 16.1. The zero-order chi connectivity index (χ0) is 20.1. The van der Waals surface area contributed by atoms with Gasteiger partial charge in [0.25, 0.3) is 0 Å². The van der Waals surface area contributed by atoms with Crippen molar-refractivity contribution in [1.29, 1.82) is 5.26 Å². The summed E-state index contributed by atoms with van der Waals surface area (Å²) >= 11 is 0. The Hall–Kier alpha value is -3.93. The lowest BCUT2D eigenvalue weighted by Crippen LogP contribution is -2.21. The zero-order valence-electron chi connectivity index (χ0n) is 16.1. The number of para-hydroxylation sites is 2. The number of fused-ring (bicyclic) bond motifs is 1. The minimum absolute atomic E-state index is 0.483. The van der Waals surface area contributed by atoms with Crippen molar-refractivity contribution >= 4 is 22.9 Å². The van der Waals surface area contributed by atoms with Crippen LogP contribution in [0.15, 0.2) is 55.0 Å². The second-order valence-electron chi connectivity index (χ2n) is 6.43. The van der Waals surface area contributed by atoms with Gasteiger partial charge in [-0.3, -0.25) is 4.68 Å². The fraction of sp³-hybridized carbons (Fsp3) is 0.250. The number of aryl methyl sites for hydroxylation is 1. The van der Waals surface area contributed by atoms with Crippen LogP contribution in [-0.4, -0.2) is 37.8 Å². The summed E-state index contributed by atoms with van der Waals surface area (Å²) < 4.78 is 1.78. The van der Waals surface area contributed by atoms with Gasteiger partial charge in [-0.25, -0.2) is 15.0 Å². The van der Waals surface area contributed by atoms with E-state index in [1.807, 2.05) is 24.3 Å². The molecule has 0 aliphatic carbocycles. The molecule has 0 saturated carbocycles. The van der Waals surface area contributed by atoms with E-state index in [9.17, 15) is 5.26 Å². The Bertz CT molecular complexity index is 1050. The van der Waals surface area contributed by atoms with Crippen LogP contribution in [0.4, 0.5) is 17.3 Å². The Morgan fingerprint density at radius 1 is 1.28 bits per heavy atom. The number of hydrogen-bond acceptors (Lipinski definition) is 8. The largest absolute Gasteiger partial charge is 0.354 e. The summed E-state index contributed by atoms with van der Waals surface area (Å²) in [5.41, 5.74) is 3.10. The van der Waals surface area contributed by atoms with Crippen LogP contribution in [-0.2, 0) is 6.54 Å². The summed E-state index contributed by atoms with van der Waals surface area (Å²) in [6.07, 6.45) is 5.72. The van der Waals surface area contributed by atoms with Gasteiger partial charge in [0.2, 0.25) is 5.95 Å². The van der Waals surface area contributed by atoms with Crippen molar-refractivity contribution in [2.24, 2.45) is 0 Å². The molecule has 9 heteroatoms. The normalized spacial score (nSPS) is 14.1. The molecule has 0 saturated heterocycles. The number of hydrogen-bond donors (Lipinski definition) is 2. The molecule has 3 heterocycles. The predicted octanol–water partition coefficient (Wildman–Crippen LogP) is 2.71. The Kier molecular flexibility index (Phi) is 5.33. The molecule has 0 fully saturated rings. The summed E-state index contributed by atoms with van der Waals surface area (Å²) in [7, 11) is 0. The molecular formula is C20H21N9. The van der Waals surface area contributed by atoms with Gasteiger partial charge in [0.05, 0.1) is 17.1 Å². The molecule has 1 aliphatic heterocycles. The number of rotatable bonds is 7. The third-order valence-corrected chi connectivity index (χ3v) is 4.61. The molecule has 2 N–H and O–H groups in total. The van der Waals surface area contributed by atoms with E-state index < -0.39 is 0 Å². The highest BCUT2D eigenvalue weighted by molar-refractivity contribution is 5.90. The summed E-state index contributed by atoms with van der Waals surface area (Å²) in [5, 5.41) is 20.5. The highest BCUT2D eigenvalue weighted by Crippen LogP contribution is 2.38. The van der Waals surface area contributed by atoms with Crippen molar-refractivity contribution in [3.05, 3.63) is 60.7 Å². The van der Waals surface area contributed by atoms with Crippen molar-refractivity contribution < 1.29 is 0 Å². The Balaban J connectivity index is 1.52. The monoisotopic (exact) mass is 387 g/mol. The van der Waals surface area contributed by atoms with E-state index in [0.29, 0.717) is 23.8 Å². The van der Waals surface area contributed by atoms with E-state index in [2.05, 4.69) is 48.6 Å². The first-order valence-electron chi connectivity index (χ1n) is 9.48. The van der Waals surface area contributed by atoms with Crippen molar-refractivity contribution in [1.82, 2.24) is 24.7 Å². The topological polar surface area (TPSA) is 108 Å². The molecule has 2 aromatic heterocycles. The van der Waals surface area contributed by atoms with Crippen LogP contribution in [0.2, 0.25) is 0 Å². The number of nitrogens with one attached hydrogen (secondary N) is 2. The minimum atomic E-state index is 0.483. The predicted molar refractivity (Wildman–Crippen MR) is 111 cm³/mol. The summed E-state index contributed by atoms with van der Waals surface area (Å²) in [4.78, 5) is 14.8. The number of aromatic nitrogens is 5. The number of allylic oxidation sites excluding steroid dienone is 1. The number of nitriles is 1. The smallest absolute Gasteiger partial charge is 0.223 e. The van der Waals surface area contributed by atoms with Gasteiger partial charge in [-0.2, -0.15) is 10.4 Å². The van der Waals surface area contributed by atoms with Gasteiger partial charge in [0, 0.05) is 25.8 Å². The van der Waals surface area contributed by atoms with Gasteiger partial charge < -0.3 is 15.5 Å². The maximum absolute atomic E-state index is 9.87. The lowest BCUT2D eigenvalue weighted by atomic mass is 10.2. The molecule has 0 amide bonds. The number of benzene rings is 1. The van der Waals surface area contributed by atoms with Crippen molar-refractivity contribution in [2.75, 3.05) is 28.6 Å². The average molecular weight is 387 g/mol. The van der Waals surface area contributed by atoms with Gasteiger partial charge in [-0.15, -0.1) is 0 Å². The number of anilines is 3. The van der Waals surface area contributed by atoms with Crippen LogP contribution in [0.25, 0.3) is 5.57 Å². The van der Waals surface area contributed by atoms with E-state index in [0.717, 1.165) is 36.7 Å². The van der Waals surface area contributed by atoms with Crippen LogP contribution in [0.5, 0.6) is 0 Å². The maximum atomic E-state index is 9.87. The first kappa shape index (κ1) is 18.4. The van der Waals surface area contributed by atoms with Crippen molar-refractivity contribution in [2.45, 2.75) is 19.9 Å². The summed E-state index contributed by atoms with van der Waals surface area (Å²) in [6.45, 7) is 4.24. The second kappa shape index (κ2) is 8.39. The van der Waals surface area contributed by atoms with E-state index in [1.165, 1.54) is 6.33 Å².